The monoisotopic (exact) mass is 311 g/mol. The number of ether oxygens (including phenoxy) is 1. The molecule has 1 aliphatic heterocycles. The van der Waals surface area contributed by atoms with Crippen molar-refractivity contribution in [3.63, 3.8) is 0 Å². The van der Waals surface area contributed by atoms with Gasteiger partial charge in [0, 0.05) is 18.0 Å². The number of halogens is 1. The van der Waals surface area contributed by atoms with Gasteiger partial charge in [-0.25, -0.2) is 0 Å². The lowest BCUT2D eigenvalue weighted by Gasteiger charge is -2.27. The van der Waals surface area contributed by atoms with Crippen LogP contribution in [0.2, 0.25) is 0 Å². The Hall–Kier alpha value is -2.19. The Morgan fingerprint density at radius 1 is 1.05 bits per heavy atom. The van der Waals surface area contributed by atoms with Crippen LogP contribution in [0, 0.1) is 0 Å². The molecule has 2 aromatic rings. The smallest absolute Gasteiger partial charge is 0.119 e. The molecule has 0 N–H and O–H groups in total. The van der Waals surface area contributed by atoms with Gasteiger partial charge < -0.3 is 4.74 Å². The van der Waals surface area contributed by atoms with Gasteiger partial charge in [-0.1, -0.05) is 48.5 Å². The van der Waals surface area contributed by atoms with E-state index in [1.54, 1.807) is 4.42 Å². The highest BCUT2D eigenvalue weighted by Crippen LogP contribution is 2.33. The van der Waals surface area contributed by atoms with E-state index in [0.29, 0.717) is 6.61 Å². The molecule has 1 unspecified atom stereocenters. The lowest BCUT2D eigenvalue weighted by molar-refractivity contribution is 0.306. The lowest BCUT2D eigenvalue weighted by Crippen LogP contribution is -2.17. The van der Waals surface area contributed by atoms with Gasteiger partial charge in [-0.2, -0.15) is 0 Å². The molecule has 0 radical (unpaired) electrons. The minimum Gasteiger partial charge on any atom is -0.489 e. The maximum Gasteiger partial charge on any atom is 0.119 e. The van der Waals surface area contributed by atoms with Gasteiger partial charge in [-0.3, -0.25) is 4.42 Å². The molecule has 3 heteroatoms. The summed E-state index contributed by atoms with van der Waals surface area (Å²) in [7, 11) is 0. The Kier molecular flexibility index (Phi) is 4.50. The average molecular weight is 312 g/mol. The summed E-state index contributed by atoms with van der Waals surface area (Å²) < 4.78 is 7.52. The minimum atomic E-state index is 0.0786. The third-order valence-corrected chi connectivity index (χ3v) is 4.02. The van der Waals surface area contributed by atoms with Crippen LogP contribution in [-0.2, 0) is 6.61 Å². The van der Waals surface area contributed by atoms with Crippen molar-refractivity contribution in [2.24, 2.45) is 0 Å². The van der Waals surface area contributed by atoms with Crippen LogP contribution in [0.4, 0.5) is 0 Å². The number of allylic oxidation sites excluding steroid dienone is 2. The van der Waals surface area contributed by atoms with Gasteiger partial charge in [-0.15, -0.1) is 0 Å². The molecule has 0 saturated carbocycles. The fourth-order valence-corrected chi connectivity index (χ4v) is 2.87. The first-order chi connectivity index (χ1) is 10.7. The normalized spacial score (nSPS) is 17.3. The Morgan fingerprint density at radius 3 is 2.45 bits per heavy atom. The van der Waals surface area contributed by atoms with E-state index in [9.17, 15) is 0 Å². The van der Waals surface area contributed by atoms with E-state index < -0.39 is 0 Å². The fraction of sp³-hybridized carbons (Fsp3) is 0.158. The Morgan fingerprint density at radius 2 is 1.77 bits per heavy atom. The second-order valence-electron chi connectivity index (χ2n) is 5.34. The van der Waals surface area contributed by atoms with Gasteiger partial charge in [0.25, 0.3) is 0 Å². The molecule has 2 nitrogen and oxygen atoms in total. The molecule has 0 aromatic heterocycles. The molecule has 112 valence electrons. The molecule has 0 saturated heterocycles. The van der Waals surface area contributed by atoms with Crippen molar-refractivity contribution in [3.8, 4) is 5.75 Å². The van der Waals surface area contributed by atoms with Crippen molar-refractivity contribution in [1.29, 1.82) is 0 Å². The number of nitrogens with zero attached hydrogens (tertiary/aromatic N) is 1. The van der Waals surface area contributed by atoms with Crippen LogP contribution >= 0.6 is 11.8 Å². The third-order valence-electron chi connectivity index (χ3n) is 3.71. The molecular formula is C19H18ClNO. The molecule has 0 fully saturated rings. The minimum absolute atomic E-state index is 0.0786. The zero-order valence-corrected chi connectivity index (χ0v) is 13.2. The molecule has 0 aliphatic carbocycles. The predicted octanol–water partition coefficient (Wildman–Crippen LogP) is 5.24. The van der Waals surface area contributed by atoms with E-state index in [1.165, 1.54) is 5.57 Å². The molecule has 0 amide bonds. The van der Waals surface area contributed by atoms with Crippen LogP contribution in [0.25, 0.3) is 0 Å². The SMILES string of the molecule is CC1=CC=CN(Cl)C1c1ccc(OCc2ccccc2)cc1. The molecule has 1 heterocycles. The van der Waals surface area contributed by atoms with E-state index in [-0.39, 0.29) is 6.04 Å². The summed E-state index contributed by atoms with van der Waals surface area (Å²) in [6.07, 6.45) is 5.92. The quantitative estimate of drug-likeness (QED) is 0.716. The van der Waals surface area contributed by atoms with Crippen LogP contribution in [-0.4, -0.2) is 4.42 Å². The lowest BCUT2D eigenvalue weighted by atomic mass is 9.98. The van der Waals surface area contributed by atoms with Crippen LogP contribution in [0.1, 0.15) is 24.1 Å². The highest BCUT2D eigenvalue weighted by Gasteiger charge is 2.20. The highest BCUT2D eigenvalue weighted by molar-refractivity contribution is 6.14. The van der Waals surface area contributed by atoms with Gasteiger partial charge in [0.2, 0.25) is 0 Å². The summed E-state index contributed by atoms with van der Waals surface area (Å²) in [5.41, 5.74) is 3.53. The zero-order chi connectivity index (χ0) is 15.4. The molecule has 22 heavy (non-hydrogen) atoms. The van der Waals surface area contributed by atoms with E-state index in [2.05, 4.69) is 37.3 Å². The summed E-state index contributed by atoms with van der Waals surface area (Å²) in [4.78, 5) is 0. The molecule has 1 atom stereocenters. The first-order valence-corrected chi connectivity index (χ1v) is 7.63. The van der Waals surface area contributed by atoms with Crippen LogP contribution < -0.4 is 4.74 Å². The summed E-state index contributed by atoms with van der Waals surface area (Å²) in [5, 5.41) is 0. The Balaban J connectivity index is 1.68. The second-order valence-corrected chi connectivity index (χ2v) is 5.73. The molecule has 1 aliphatic rings. The van der Waals surface area contributed by atoms with Crippen molar-refractivity contribution < 1.29 is 4.74 Å². The predicted molar refractivity (Wildman–Crippen MR) is 90.5 cm³/mol. The molecule has 3 rings (SSSR count). The van der Waals surface area contributed by atoms with Crippen LogP contribution in [0.3, 0.4) is 0 Å². The first-order valence-electron chi connectivity index (χ1n) is 7.30. The van der Waals surface area contributed by atoms with E-state index in [1.807, 2.05) is 42.6 Å². The van der Waals surface area contributed by atoms with Crippen molar-refractivity contribution in [2.45, 2.75) is 19.6 Å². The standard InChI is InChI=1S/C19H18ClNO/c1-15-6-5-13-21(20)19(15)17-9-11-18(12-10-17)22-14-16-7-3-2-4-8-16/h2-13,19H,14H2,1H3. The molecular weight excluding hydrogens is 294 g/mol. The largest absolute Gasteiger partial charge is 0.489 e. The summed E-state index contributed by atoms with van der Waals surface area (Å²) in [6, 6.07) is 18.4. The number of benzene rings is 2. The van der Waals surface area contributed by atoms with E-state index in [4.69, 9.17) is 16.5 Å². The highest BCUT2D eigenvalue weighted by atomic mass is 35.5. The van der Waals surface area contributed by atoms with Crippen molar-refractivity contribution in [2.75, 3.05) is 0 Å². The van der Waals surface area contributed by atoms with Gasteiger partial charge in [0.1, 0.15) is 12.4 Å². The number of hydrogen-bond donors (Lipinski definition) is 0. The second kappa shape index (κ2) is 6.71. The first kappa shape index (κ1) is 14.7. The topological polar surface area (TPSA) is 12.5 Å². The van der Waals surface area contributed by atoms with Crippen LogP contribution in [0.5, 0.6) is 5.75 Å². The number of rotatable bonds is 4. The Labute approximate surface area is 136 Å². The van der Waals surface area contributed by atoms with Crippen molar-refractivity contribution >= 4 is 11.8 Å². The summed E-state index contributed by atoms with van der Waals surface area (Å²) in [5.74, 6) is 0.863. The van der Waals surface area contributed by atoms with Gasteiger partial charge in [0.15, 0.2) is 0 Å². The van der Waals surface area contributed by atoms with Gasteiger partial charge in [0.05, 0.1) is 6.04 Å². The van der Waals surface area contributed by atoms with E-state index >= 15 is 0 Å². The van der Waals surface area contributed by atoms with Crippen molar-refractivity contribution in [1.82, 2.24) is 4.42 Å². The van der Waals surface area contributed by atoms with Crippen LogP contribution in [0.15, 0.2) is 78.5 Å². The van der Waals surface area contributed by atoms with E-state index in [0.717, 1.165) is 16.9 Å². The summed E-state index contributed by atoms with van der Waals surface area (Å²) >= 11 is 6.27. The molecule has 0 bridgehead atoms. The fourth-order valence-electron chi connectivity index (χ4n) is 2.54. The summed E-state index contributed by atoms with van der Waals surface area (Å²) in [6.45, 7) is 2.66. The molecule has 2 aromatic carbocycles. The third kappa shape index (κ3) is 3.34. The van der Waals surface area contributed by atoms with Crippen molar-refractivity contribution in [3.05, 3.63) is 89.6 Å². The zero-order valence-electron chi connectivity index (χ0n) is 12.4. The molecule has 0 spiro atoms. The van der Waals surface area contributed by atoms with Gasteiger partial charge in [-0.05, 0) is 41.8 Å². The maximum atomic E-state index is 6.27. The Bertz CT molecular complexity index is 676. The maximum absolute atomic E-state index is 6.27. The van der Waals surface area contributed by atoms with Gasteiger partial charge >= 0.3 is 0 Å². The average Bonchev–Trinajstić information content (AvgIpc) is 2.55. The number of hydrogen-bond acceptors (Lipinski definition) is 2.